The van der Waals surface area contributed by atoms with Gasteiger partial charge in [0.2, 0.25) is 5.75 Å². The lowest BCUT2D eigenvalue weighted by molar-refractivity contribution is 0.0827. The summed E-state index contributed by atoms with van der Waals surface area (Å²) in [5.41, 5.74) is 4.66. The molecule has 4 aromatic rings. The summed E-state index contributed by atoms with van der Waals surface area (Å²) in [5.74, 6) is 1.54. The molecule has 0 radical (unpaired) electrons. The SMILES string of the molecule is COc1cc(-c2n[nH]c3nccc(-c4ccc(C(=O)N(C)C)cc4)c23)cc(OC)c1OC. The Labute approximate surface area is 185 Å². The third kappa shape index (κ3) is 3.60. The first-order valence-corrected chi connectivity index (χ1v) is 9.94. The van der Waals surface area contributed by atoms with Gasteiger partial charge in [-0.2, -0.15) is 5.10 Å². The highest BCUT2D eigenvalue weighted by Crippen LogP contribution is 2.43. The van der Waals surface area contributed by atoms with Crippen molar-refractivity contribution in [1.29, 1.82) is 0 Å². The minimum Gasteiger partial charge on any atom is -0.493 e. The van der Waals surface area contributed by atoms with Crippen molar-refractivity contribution in [2.24, 2.45) is 0 Å². The van der Waals surface area contributed by atoms with Gasteiger partial charge in [-0.05, 0) is 41.5 Å². The Hall–Kier alpha value is -4.07. The van der Waals surface area contributed by atoms with Gasteiger partial charge >= 0.3 is 0 Å². The summed E-state index contributed by atoms with van der Waals surface area (Å²) >= 11 is 0. The Kier molecular flexibility index (Phi) is 5.68. The number of carbonyl (C=O) groups is 1. The van der Waals surface area contributed by atoms with Gasteiger partial charge in [-0.1, -0.05) is 12.1 Å². The van der Waals surface area contributed by atoms with Crippen LogP contribution in [0.25, 0.3) is 33.4 Å². The Bertz CT molecular complexity index is 1250. The van der Waals surface area contributed by atoms with Gasteiger partial charge in [0.15, 0.2) is 17.1 Å². The molecule has 4 rings (SSSR count). The number of rotatable bonds is 6. The summed E-state index contributed by atoms with van der Waals surface area (Å²) in [5, 5.41) is 8.39. The minimum absolute atomic E-state index is 0.0437. The predicted octanol–water partition coefficient (Wildman–Crippen LogP) is 4.02. The average Bonchev–Trinajstić information content (AvgIpc) is 3.27. The minimum atomic E-state index is -0.0437. The average molecular weight is 432 g/mol. The van der Waals surface area contributed by atoms with Crippen molar-refractivity contribution in [3.05, 3.63) is 54.2 Å². The molecule has 32 heavy (non-hydrogen) atoms. The topological polar surface area (TPSA) is 89.6 Å². The molecule has 2 aromatic carbocycles. The van der Waals surface area contributed by atoms with Gasteiger partial charge in [0.25, 0.3) is 5.91 Å². The zero-order valence-corrected chi connectivity index (χ0v) is 18.6. The number of amides is 1. The van der Waals surface area contributed by atoms with E-state index in [1.807, 2.05) is 42.5 Å². The molecule has 2 heterocycles. The molecular formula is C24H24N4O4. The number of nitrogens with zero attached hydrogens (tertiary/aromatic N) is 3. The van der Waals surface area contributed by atoms with Gasteiger partial charge < -0.3 is 19.1 Å². The van der Waals surface area contributed by atoms with Crippen LogP contribution in [0, 0.1) is 0 Å². The summed E-state index contributed by atoms with van der Waals surface area (Å²) in [4.78, 5) is 18.2. The number of benzene rings is 2. The molecule has 0 aliphatic rings. The van der Waals surface area contributed by atoms with Gasteiger partial charge in [0, 0.05) is 31.4 Å². The van der Waals surface area contributed by atoms with Crippen LogP contribution in [-0.2, 0) is 0 Å². The molecule has 0 atom stereocenters. The maximum absolute atomic E-state index is 12.2. The van der Waals surface area contributed by atoms with Gasteiger partial charge in [-0.25, -0.2) is 4.98 Å². The van der Waals surface area contributed by atoms with Gasteiger partial charge in [-0.3, -0.25) is 9.89 Å². The zero-order chi connectivity index (χ0) is 22.8. The first kappa shape index (κ1) is 21.2. The third-order valence-electron chi connectivity index (χ3n) is 5.25. The van der Waals surface area contributed by atoms with Crippen molar-refractivity contribution in [1.82, 2.24) is 20.1 Å². The number of aromatic amines is 1. The van der Waals surface area contributed by atoms with E-state index in [4.69, 9.17) is 14.2 Å². The number of hydrogen-bond acceptors (Lipinski definition) is 6. The van der Waals surface area contributed by atoms with Crippen LogP contribution in [0.5, 0.6) is 17.2 Å². The molecular weight excluding hydrogens is 408 g/mol. The molecule has 0 bridgehead atoms. The van der Waals surface area contributed by atoms with E-state index in [-0.39, 0.29) is 5.91 Å². The Morgan fingerprint density at radius 2 is 1.56 bits per heavy atom. The Morgan fingerprint density at radius 1 is 0.906 bits per heavy atom. The van der Waals surface area contributed by atoms with E-state index in [0.29, 0.717) is 34.2 Å². The van der Waals surface area contributed by atoms with Crippen LogP contribution in [0.4, 0.5) is 0 Å². The van der Waals surface area contributed by atoms with Gasteiger partial charge in [-0.15, -0.1) is 0 Å². The summed E-state index contributed by atoms with van der Waals surface area (Å²) < 4.78 is 16.4. The van der Waals surface area contributed by atoms with Crippen molar-refractivity contribution in [3.63, 3.8) is 0 Å². The van der Waals surface area contributed by atoms with Gasteiger partial charge in [0.1, 0.15) is 5.69 Å². The highest BCUT2D eigenvalue weighted by atomic mass is 16.5. The maximum atomic E-state index is 12.2. The number of methoxy groups -OCH3 is 3. The number of fused-ring (bicyclic) bond motifs is 1. The smallest absolute Gasteiger partial charge is 0.253 e. The molecule has 1 amide bonds. The quantitative estimate of drug-likeness (QED) is 0.495. The second kappa shape index (κ2) is 8.58. The standard InChI is InChI=1S/C24H24N4O4/c1-28(2)24(29)15-8-6-14(7-9-15)17-10-11-25-23-20(17)21(26-27-23)16-12-18(30-3)22(32-5)19(13-16)31-4/h6-13H,1-5H3,(H,25,26,27). The summed E-state index contributed by atoms with van der Waals surface area (Å²) in [7, 11) is 8.19. The van der Waals surface area contributed by atoms with Gasteiger partial charge in [0.05, 0.1) is 26.7 Å². The molecule has 0 aliphatic carbocycles. The number of nitrogens with one attached hydrogen (secondary N) is 1. The van der Waals surface area contributed by atoms with E-state index in [1.165, 1.54) is 0 Å². The highest BCUT2D eigenvalue weighted by Gasteiger charge is 2.20. The summed E-state index contributed by atoms with van der Waals surface area (Å²) in [6, 6.07) is 13.1. The van der Waals surface area contributed by atoms with E-state index < -0.39 is 0 Å². The third-order valence-corrected chi connectivity index (χ3v) is 5.25. The number of hydrogen-bond donors (Lipinski definition) is 1. The van der Waals surface area contributed by atoms with Crippen LogP contribution in [0.15, 0.2) is 48.7 Å². The second-order valence-corrected chi connectivity index (χ2v) is 7.35. The number of H-pyrrole nitrogens is 1. The van der Waals surface area contributed by atoms with E-state index in [0.717, 1.165) is 22.1 Å². The highest BCUT2D eigenvalue weighted by molar-refractivity contribution is 6.03. The molecule has 8 nitrogen and oxygen atoms in total. The van der Waals surface area contributed by atoms with Crippen LogP contribution < -0.4 is 14.2 Å². The van der Waals surface area contributed by atoms with Crippen molar-refractivity contribution < 1.29 is 19.0 Å². The molecule has 0 fully saturated rings. The monoisotopic (exact) mass is 432 g/mol. The van der Waals surface area contributed by atoms with Crippen molar-refractivity contribution in [2.75, 3.05) is 35.4 Å². The molecule has 1 N–H and O–H groups in total. The van der Waals surface area contributed by atoms with E-state index in [9.17, 15) is 4.79 Å². The van der Waals surface area contributed by atoms with E-state index in [2.05, 4.69) is 15.2 Å². The normalized spacial score (nSPS) is 10.8. The molecule has 0 saturated heterocycles. The number of ether oxygens (including phenoxy) is 3. The molecule has 2 aromatic heterocycles. The van der Waals surface area contributed by atoms with Crippen LogP contribution in [0.3, 0.4) is 0 Å². The zero-order valence-electron chi connectivity index (χ0n) is 18.6. The Balaban J connectivity index is 1.88. The fourth-order valence-corrected chi connectivity index (χ4v) is 3.67. The lowest BCUT2D eigenvalue weighted by atomic mass is 9.98. The fraction of sp³-hybridized carbons (Fsp3) is 0.208. The molecule has 0 unspecified atom stereocenters. The molecule has 0 aliphatic heterocycles. The molecule has 0 spiro atoms. The second-order valence-electron chi connectivity index (χ2n) is 7.35. The number of pyridine rings is 1. The largest absolute Gasteiger partial charge is 0.493 e. The molecule has 0 saturated carbocycles. The summed E-state index contributed by atoms with van der Waals surface area (Å²) in [6.45, 7) is 0. The van der Waals surface area contributed by atoms with Crippen LogP contribution in [0.1, 0.15) is 10.4 Å². The first-order chi connectivity index (χ1) is 15.5. The van der Waals surface area contributed by atoms with Crippen LogP contribution >= 0.6 is 0 Å². The summed E-state index contributed by atoms with van der Waals surface area (Å²) in [6.07, 6.45) is 1.73. The van der Waals surface area contributed by atoms with Crippen molar-refractivity contribution in [3.8, 4) is 39.6 Å². The Morgan fingerprint density at radius 3 is 2.12 bits per heavy atom. The van der Waals surface area contributed by atoms with Crippen molar-refractivity contribution >= 4 is 16.9 Å². The predicted molar refractivity (Wildman–Crippen MR) is 122 cm³/mol. The lowest BCUT2D eigenvalue weighted by Crippen LogP contribution is -2.21. The van der Waals surface area contributed by atoms with Crippen LogP contribution in [-0.4, -0.2) is 61.4 Å². The number of aromatic nitrogens is 3. The van der Waals surface area contributed by atoms with Crippen LogP contribution in [0.2, 0.25) is 0 Å². The first-order valence-electron chi connectivity index (χ1n) is 9.94. The van der Waals surface area contributed by atoms with E-state index >= 15 is 0 Å². The fourth-order valence-electron chi connectivity index (χ4n) is 3.67. The van der Waals surface area contributed by atoms with E-state index in [1.54, 1.807) is 46.5 Å². The number of carbonyl (C=O) groups excluding carboxylic acids is 1. The molecule has 8 heteroatoms. The lowest BCUT2D eigenvalue weighted by Gasteiger charge is -2.14. The molecule has 164 valence electrons. The van der Waals surface area contributed by atoms with Crippen molar-refractivity contribution in [2.45, 2.75) is 0 Å². The maximum Gasteiger partial charge on any atom is 0.253 e.